The van der Waals surface area contributed by atoms with E-state index in [1.807, 2.05) is 7.05 Å². The fourth-order valence-electron chi connectivity index (χ4n) is 2.11. The molecule has 0 amide bonds. The quantitative estimate of drug-likeness (QED) is 0.501. The van der Waals surface area contributed by atoms with Crippen molar-refractivity contribution in [2.75, 3.05) is 20.6 Å². The van der Waals surface area contributed by atoms with Gasteiger partial charge in [0.15, 0.2) is 0 Å². The van der Waals surface area contributed by atoms with E-state index in [0.29, 0.717) is 0 Å². The Bertz CT molecular complexity index is 126. The molecule has 0 rings (SSSR count). The van der Waals surface area contributed by atoms with E-state index in [4.69, 9.17) is 0 Å². The van der Waals surface area contributed by atoms with Gasteiger partial charge >= 0.3 is 0 Å². The van der Waals surface area contributed by atoms with Crippen molar-refractivity contribution in [3.63, 3.8) is 0 Å². The van der Waals surface area contributed by atoms with Crippen molar-refractivity contribution in [2.45, 2.75) is 70.8 Å². The third-order valence-corrected chi connectivity index (χ3v) is 3.29. The predicted octanol–water partition coefficient (Wildman–Crippen LogP) is 3.32. The van der Waals surface area contributed by atoms with Crippen molar-refractivity contribution in [2.24, 2.45) is 0 Å². The van der Waals surface area contributed by atoms with Crippen LogP contribution < -0.4 is 10.6 Å². The van der Waals surface area contributed by atoms with Crippen LogP contribution in [0.2, 0.25) is 0 Å². The van der Waals surface area contributed by atoms with Gasteiger partial charge in [0.05, 0.1) is 0 Å². The fourth-order valence-corrected chi connectivity index (χ4v) is 2.11. The van der Waals surface area contributed by atoms with E-state index >= 15 is 0 Å². The average Bonchev–Trinajstić information content (AvgIpc) is 2.32. The Balaban J connectivity index is 3.20. The summed E-state index contributed by atoms with van der Waals surface area (Å²) in [5.74, 6) is 0. The lowest BCUT2D eigenvalue weighted by molar-refractivity contribution is 0.445. The highest BCUT2D eigenvalue weighted by Gasteiger charge is 2.04. The zero-order valence-corrected chi connectivity index (χ0v) is 11.6. The van der Waals surface area contributed by atoms with Crippen LogP contribution >= 0.6 is 0 Å². The molecule has 1 unspecified atom stereocenters. The van der Waals surface area contributed by atoms with Crippen LogP contribution in [-0.2, 0) is 0 Å². The zero-order valence-electron chi connectivity index (χ0n) is 11.6. The molecule has 0 aliphatic rings. The Morgan fingerprint density at radius 1 is 0.812 bits per heavy atom. The molecule has 16 heavy (non-hydrogen) atoms. The van der Waals surface area contributed by atoms with E-state index in [9.17, 15) is 0 Å². The molecule has 98 valence electrons. The Kier molecular flexibility index (Phi) is 12.9. The highest BCUT2D eigenvalue weighted by atomic mass is 14.9. The van der Waals surface area contributed by atoms with Crippen LogP contribution in [-0.4, -0.2) is 26.7 Å². The topological polar surface area (TPSA) is 24.1 Å². The highest BCUT2D eigenvalue weighted by molar-refractivity contribution is 4.64. The summed E-state index contributed by atoms with van der Waals surface area (Å²) in [5.41, 5.74) is 0. The van der Waals surface area contributed by atoms with Crippen LogP contribution in [0.1, 0.15) is 64.7 Å². The average molecular weight is 228 g/mol. The molecule has 2 heteroatoms. The Hall–Kier alpha value is -0.0800. The van der Waals surface area contributed by atoms with E-state index in [0.717, 1.165) is 6.04 Å². The van der Waals surface area contributed by atoms with Crippen molar-refractivity contribution in [3.05, 3.63) is 0 Å². The van der Waals surface area contributed by atoms with E-state index in [-0.39, 0.29) is 0 Å². The third kappa shape index (κ3) is 10.4. The number of nitrogens with one attached hydrogen (secondary N) is 2. The standard InChI is InChI=1S/C14H32N2/c1-4-5-11-14(16-3)12-9-7-6-8-10-13-15-2/h14-16H,4-13H2,1-3H3. The maximum Gasteiger partial charge on any atom is 0.00640 e. The molecule has 0 fully saturated rings. The second-order valence-electron chi connectivity index (χ2n) is 4.79. The summed E-state index contributed by atoms with van der Waals surface area (Å²) in [7, 11) is 4.14. The molecule has 0 spiro atoms. The SMILES string of the molecule is CCCCC(CCCCCCCNC)NC. The van der Waals surface area contributed by atoms with E-state index in [2.05, 4.69) is 24.6 Å². The number of unbranched alkanes of at least 4 members (excludes halogenated alkanes) is 5. The molecule has 0 aromatic rings. The molecule has 0 aliphatic heterocycles. The summed E-state index contributed by atoms with van der Waals surface area (Å²) in [6.07, 6.45) is 12.3. The van der Waals surface area contributed by atoms with Crippen LogP contribution in [0.3, 0.4) is 0 Å². The van der Waals surface area contributed by atoms with Gasteiger partial charge in [0, 0.05) is 6.04 Å². The Labute approximate surface area is 103 Å². The first-order valence-electron chi connectivity index (χ1n) is 7.17. The van der Waals surface area contributed by atoms with E-state index in [1.54, 1.807) is 0 Å². The zero-order chi connectivity index (χ0) is 12.1. The van der Waals surface area contributed by atoms with Gasteiger partial charge in [0.1, 0.15) is 0 Å². The van der Waals surface area contributed by atoms with Crippen LogP contribution in [0.4, 0.5) is 0 Å². The lowest BCUT2D eigenvalue weighted by Crippen LogP contribution is -2.24. The molecule has 0 bridgehead atoms. The fraction of sp³-hybridized carbons (Fsp3) is 1.00. The summed E-state index contributed by atoms with van der Waals surface area (Å²) in [4.78, 5) is 0. The van der Waals surface area contributed by atoms with Gasteiger partial charge in [-0.05, 0) is 39.9 Å². The van der Waals surface area contributed by atoms with Crippen LogP contribution in [0, 0.1) is 0 Å². The molecule has 0 saturated carbocycles. The first kappa shape index (κ1) is 15.9. The second kappa shape index (κ2) is 13.0. The summed E-state index contributed by atoms with van der Waals surface area (Å²) in [5, 5.41) is 6.64. The van der Waals surface area contributed by atoms with Crippen LogP contribution in [0.25, 0.3) is 0 Å². The van der Waals surface area contributed by atoms with Crippen molar-refractivity contribution < 1.29 is 0 Å². The largest absolute Gasteiger partial charge is 0.320 e. The van der Waals surface area contributed by atoms with Crippen molar-refractivity contribution in [3.8, 4) is 0 Å². The lowest BCUT2D eigenvalue weighted by atomic mass is 10.0. The minimum atomic E-state index is 0.761. The smallest absolute Gasteiger partial charge is 0.00640 e. The second-order valence-corrected chi connectivity index (χ2v) is 4.79. The number of hydrogen-bond acceptors (Lipinski definition) is 2. The highest BCUT2D eigenvalue weighted by Crippen LogP contribution is 2.11. The molecule has 0 aromatic heterocycles. The molecular weight excluding hydrogens is 196 g/mol. The minimum Gasteiger partial charge on any atom is -0.320 e. The van der Waals surface area contributed by atoms with Gasteiger partial charge in [-0.15, -0.1) is 0 Å². The van der Waals surface area contributed by atoms with Crippen molar-refractivity contribution in [1.29, 1.82) is 0 Å². The van der Waals surface area contributed by atoms with E-state index in [1.165, 1.54) is 64.3 Å². The summed E-state index contributed by atoms with van der Waals surface area (Å²) < 4.78 is 0. The lowest BCUT2D eigenvalue weighted by Gasteiger charge is -2.15. The monoisotopic (exact) mass is 228 g/mol. The molecular formula is C14H32N2. The molecule has 0 heterocycles. The predicted molar refractivity (Wildman–Crippen MR) is 74.0 cm³/mol. The molecule has 1 atom stereocenters. The van der Waals surface area contributed by atoms with Gasteiger partial charge in [-0.1, -0.05) is 45.4 Å². The van der Waals surface area contributed by atoms with Crippen molar-refractivity contribution in [1.82, 2.24) is 10.6 Å². The summed E-state index contributed by atoms with van der Waals surface area (Å²) in [6.45, 7) is 3.45. The first-order chi connectivity index (χ1) is 7.85. The normalized spacial score (nSPS) is 12.9. The van der Waals surface area contributed by atoms with Gasteiger partial charge in [-0.3, -0.25) is 0 Å². The minimum absolute atomic E-state index is 0.761. The molecule has 2 N–H and O–H groups in total. The van der Waals surface area contributed by atoms with Gasteiger partial charge in [0.25, 0.3) is 0 Å². The Morgan fingerprint density at radius 3 is 2.06 bits per heavy atom. The van der Waals surface area contributed by atoms with Crippen molar-refractivity contribution >= 4 is 0 Å². The third-order valence-electron chi connectivity index (χ3n) is 3.29. The molecule has 2 nitrogen and oxygen atoms in total. The van der Waals surface area contributed by atoms with Gasteiger partial charge in [-0.25, -0.2) is 0 Å². The Morgan fingerprint density at radius 2 is 1.44 bits per heavy atom. The summed E-state index contributed by atoms with van der Waals surface area (Å²) in [6, 6.07) is 0.761. The maximum absolute atomic E-state index is 3.44. The van der Waals surface area contributed by atoms with Gasteiger partial charge < -0.3 is 10.6 Å². The van der Waals surface area contributed by atoms with Crippen LogP contribution in [0.5, 0.6) is 0 Å². The molecule has 0 aromatic carbocycles. The number of hydrogen-bond donors (Lipinski definition) is 2. The molecule has 0 aliphatic carbocycles. The van der Waals surface area contributed by atoms with Gasteiger partial charge in [-0.2, -0.15) is 0 Å². The maximum atomic E-state index is 3.44. The van der Waals surface area contributed by atoms with Crippen LogP contribution in [0.15, 0.2) is 0 Å². The number of rotatable bonds is 12. The molecule has 0 saturated heterocycles. The van der Waals surface area contributed by atoms with Gasteiger partial charge in [0.2, 0.25) is 0 Å². The van der Waals surface area contributed by atoms with E-state index < -0.39 is 0 Å². The summed E-state index contributed by atoms with van der Waals surface area (Å²) >= 11 is 0. The first-order valence-corrected chi connectivity index (χ1v) is 7.17. The molecule has 0 radical (unpaired) electrons.